The van der Waals surface area contributed by atoms with Crippen LogP contribution >= 0.6 is 0 Å². The highest BCUT2D eigenvalue weighted by Gasteiger charge is 2.03. The van der Waals surface area contributed by atoms with Crippen molar-refractivity contribution in [1.82, 2.24) is 15.3 Å². The molecular formula is C14H17N3O. The van der Waals surface area contributed by atoms with Crippen LogP contribution in [0.4, 0.5) is 0 Å². The SMILES string of the molecule is CNCc1cnc(COc2ccccc2)nc1C. The summed E-state index contributed by atoms with van der Waals surface area (Å²) in [6.07, 6.45) is 1.85. The van der Waals surface area contributed by atoms with Gasteiger partial charge in [-0.1, -0.05) is 18.2 Å². The van der Waals surface area contributed by atoms with Crippen molar-refractivity contribution in [1.29, 1.82) is 0 Å². The molecule has 0 saturated heterocycles. The van der Waals surface area contributed by atoms with Crippen molar-refractivity contribution < 1.29 is 4.74 Å². The second-order valence-electron chi connectivity index (χ2n) is 4.03. The zero-order chi connectivity index (χ0) is 12.8. The van der Waals surface area contributed by atoms with Crippen molar-refractivity contribution >= 4 is 0 Å². The molecule has 0 amide bonds. The van der Waals surface area contributed by atoms with Crippen molar-refractivity contribution in [3.8, 4) is 5.75 Å². The Morgan fingerprint density at radius 1 is 1.22 bits per heavy atom. The summed E-state index contributed by atoms with van der Waals surface area (Å²) >= 11 is 0. The van der Waals surface area contributed by atoms with E-state index in [0.717, 1.165) is 23.6 Å². The van der Waals surface area contributed by atoms with E-state index in [1.165, 1.54) is 0 Å². The van der Waals surface area contributed by atoms with Gasteiger partial charge in [-0.2, -0.15) is 0 Å². The number of aromatic nitrogens is 2. The van der Waals surface area contributed by atoms with Gasteiger partial charge >= 0.3 is 0 Å². The summed E-state index contributed by atoms with van der Waals surface area (Å²) < 4.78 is 5.61. The van der Waals surface area contributed by atoms with Gasteiger partial charge in [0.05, 0.1) is 0 Å². The molecule has 2 rings (SSSR count). The largest absolute Gasteiger partial charge is 0.486 e. The lowest BCUT2D eigenvalue weighted by molar-refractivity contribution is 0.295. The normalized spacial score (nSPS) is 10.3. The number of aryl methyl sites for hydroxylation is 1. The summed E-state index contributed by atoms with van der Waals surface area (Å²) in [6.45, 7) is 3.16. The van der Waals surface area contributed by atoms with E-state index < -0.39 is 0 Å². The number of rotatable bonds is 5. The molecule has 18 heavy (non-hydrogen) atoms. The predicted octanol–water partition coefficient (Wildman–Crippen LogP) is 2.08. The van der Waals surface area contributed by atoms with Crippen molar-refractivity contribution in [2.75, 3.05) is 7.05 Å². The monoisotopic (exact) mass is 243 g/mol. The van der Waals surface area contributed by atoms with Gasteiger partial charge in [0.1, 0.15) is 12.4 Å². The van der Waals surface area contributed by atoms with Crippen LogP contribution in [0.15, 0.2) is 36.5 Å². The molecule has 1 N–H and O–H groups in total. The van der Waals surface area contributed by atoms with Crippen molar-refractivity contribution in [2.45, 2.75) is 20.1 Å². The molecule has 4 nitrogen and oxygen atoms in total. The number of para-hydroxylation sites is 1. The standard InChI is InChI=1S/C14H17N3O/c1-11-12(8-15-2)9-16-14(17-11)10-18-13-6-4-3-5-7-13/h3-7,9,15H,8,10H2,1-2H3. The minimum atomic E-state index is 0.394. The molecular weight excluding hydrogens is 226 g/mol. The molecule has 0 bridgehead atoms. The van der Waals surface area contributed by atoms with Crippen LogP contribution in [-0.4, -0.2) is 17.0 Å². The minimum Gasteiger partial charge on any atom is -0.486 e. The molecule has 4 heteroatoms. The van der Waals surface area contributed by atoms with Crippen molar-refractivity contribution in [3.05, 3.63) is 53.6 Å². The number of hydrogen-bond donors (Lipinski definition) is 1. The summed E-state index contributed by atoms with van der Waals surface area (Å²) in [6, 6.07) is 9.68. The molecule has 1 aromatic carbocycles. The summed E-state index contributed by atoms with van der Waals surface area (Å²) in [5.41, 5.74) is 2.10. The fourth-order valence-corrected chi connectivity index (χ4v) is 1.64. The topological polar surface area (TPSA) is 47.0 Å². The Balaban J connectivity index is 2.00. The van der Waals surface area contributed by atoms with Crippen molar-refractivity contribution in [3.63, 3.8) is 0 Å². The first-order chi connectivity index (χ1) is 8.79. The number of ether oxygens (including phenoxy) is 1. The molecule has 0 unspecified atom stereocenters. The Morgan fingerprint density at radius 3 is 2.67 bits per heavy atom. The van der Waals surface area contributed by atoms with E-state index in [4.69, 9.17) is 4.74 Å². The lowest BCUT2D eigenvalue weighted by Gasteiger charge is -2.08. The molecule has 0 fully saturated rings. The highest BCUT2D eigenvalue weighted by Crippen LogP contribution is 2.10. The molecule has 0 aliphatic rings. The zero-order valence-electron chi connectivity index (χ0n) is 10.7. The minimum absolute atomic E-state index is 0.394. The molecule has 0 radical (unpaired) electrons. The quantitative estimate of drug-likeness (QED) is 0.873. The Labute approximate surface area is 107 Å². The van der Waals surface area contributed by atoms with Gasteiger partial charge in [-0.05, 0) is 26.1 Å². The molecule has 1 aromatic heterocycles. The van der Waals surface area contributed by atoms with Crippen LogP contribution in [0.3, 0.4) is 0 Å². The molecule has 0 aliphatic carbocycles. The summed E-state index contributed by atoms with van der Waals surface area (Å²) in [5.74, 6) is 1.54. The third-order valence-electron chi connectivity index (χ3n) is 2.61. The van der Waals surface area contributed by atoms with Gasteiger partial charge in [0.25, 0.3) is 0 Å². The number of nitrogens with zero attached hydrogens (tertiary/aromatic N) is 2. The van der Waals surface area contributed by atoms with Crippen LogP contribution in [0, 0.1) is 6.92 Å². The van der Waals surface area contributed by atoms with Crippen LogP contribution in [-0.2, 0) is 13.2 Å². The first kappa shape index (κ1) is 12.5. The van der Waals surface area contributed by atoms with E-state index >= 15 is 0 Å². The lowest BCUT2D eigenvalue weighted by Crippen LogP contribution is -2.10. The summed E-state index contributed by atoms with van der Waals surface area (Å²) in [7, 11) is 1.91. The maximum absolute atomic E-state index is 5.61. The smallest absolute Gasteiger partial charge is 0.166 e. The average Bonchev–Trinajstić information content (AvgIpc) is 2.41. The van der Waals surface area contributed by atoms with E-state index in [1.54, 1.807) is 0 Å². The Kier molecular flexibility index (Phi) is 4.25. The number of benzene rings is 1. The van der Waals surface area contributed by atoms with Gasteiger partial charge in [-0.25, -0.2) is 9.97 Å². The molecule has 0 atom stereocenters. The fraction of sp³-hybridized carbons (Fsp3) is 0.286. The molecule has 0 aliphatic heterocycles. The predicted molar refractivity (Wildman–Crippen MR) is 70.3 cm³/mol. The van der Waals surface area contributed by atoms with Gasteiger partial charge in [0.2, 0.25) is 0 Å². The lowest BCUT2D eigenvalue weighted by atomic mass is 10.2. The Morgan fingerprint density at radius 2 is 2.00 bits per heavy atom. The maximum atomic E-state index is 5.61. The Bertz CT molecular complexity index is 500. The molecule has 0 saturated carbocycles. The number of nitrogens with one attached hydrogen (secondary N) is 1. The fourth-order valence-electron chi connectivity index (χ4n) is 1.64. The second-order valence-corrected chi connectivity index (χ2v) is 4.03. The van der Waals surface area contributed by atoms with Gasteiger partial charge in [-0.3, -0.25) is 0 Å². The van der Waals surface area contributed by atoms with E-state index in [-0.39, 0.29) is 0 Å². The van der Waals surface area contributed by atoms with Gasteiger partial charge in [-0.15, -0.1) is 0 Å². The second kappa shape index (κ2) is 6.12. The van der Waals surface area contributed by atoms with Gasteiger partial charge in [0, 0.05) is 24.0 Å². The average molecular weight is 243 g/mol. The van der Waals surface area contributed by atoms with Crippen LogP contribution in [0.2, 0.25) is 0 Å². The van der Waals surface area contributed by atoms with Crippen LogP contribution < -0.4 is 10.1 Å². The summed E-state index contributed by atoms with van der Waals surface area (Å²) in [5, 5.41) is 3.09. The molecule has 1 heterocycles. The first-order valence-corrected chi connectivity index (χ1v) is 5.93. The van der Waals surface area contributed by atoms with Crippen molar-refractivity contribution in [2.24, 2.45) is 0 Å². The van der Waals surface area contributed by atoms with E-state index in [1.807, 2.05) is 50.5 Å². The highest BCUT2D eigenvalue weighted by molar-refractivity contribution is 5.21. The van der Waals surface area contributed by atoms with Gasteiger partial charge < -0.3 is 10.1 Å². The zero-order valence-corrected chi connectivity index (χ0v) is 10.7. The Hall–Kier alpha value is -1.94. The van der Waals surface area contributed by atoms with Crippen LogP contribution in [0.25, 0.3) is 0 Å². The maximum Gasteiger partial charge on any atom is 0.166 e. The van der Waals surface area contributed by atoms with E-state index in [0.29, 0.717) is 12.4 Å². The summed E-state index contributed by atoms with van der Waals surface area (Å²) in [4.78, 5) is 8.73. The van der Waals surface area contributed by atoms with Gasteiger partial charge in [0.15, 0.2) is 5.82 Å². The number of hydrogen-bond acceptors (Lipinski definition) is 4. The highest BCUT2D eigenvalue weighted by atomic mass is 16.5. The molecule has 94 valence electrons. The van der Waals surface area contributed by atoms with Crippen LogP contribution in [0.5, 0.6) is 5.75 Å². The third kappa shape index (κ3) is 3.28. The van der Waals surface area contributed by atoms with E-state index in [9.17, 15) is 0 Å². The van der Waals surface area contributed by atoms with Crippen LogP contribution in [0.1, 0.15) is 17.1 Å². The molecule has 2 aromatic rings. The first-order valence-electron chi connectivity index (χ1n) is 5.93. The third-order valence-corrected chi connectivity index (χ3v) is 2.61. The molecule has 0 spiro atoms. The van der Waals surface area contributed by atoms with E-state index in [2.05, 4.69) is 15.3 Å².